The van der Waals surface area contributed by atoms with Crippen molar-refractivity contribution in [1.29, 1.82) is 0 Å². The van der Waals surface area contributed by atoms with E-state index in [9.17, 15) is 4.79 Å². The van der Waals surface area contributed by atoms with Crippen molar-refractivity contribution in [3.05, 3.63) is 11.4 Å². The van der Waals surface area contributed by atoms with E-state index in [-0.39, 0.29) is 11.9 Å². The van der Waals surface area contributed by atoms with E-state index in [4.69, 9.17) is 10.5 Å². The standard InChI is InChI=1S/C13H22N4O2/c1-3-4-10-11(14)12(16-15-10)13(18)17(2)9-5-7-19-8-6-9/h9H,3-8,14H2,1-2H3,(H,15,16). The maximum absolute atomic E-state index is 12.4. The molecule has 2 rings (SSSR count). The molecule has 0 bridgehead atoms. The third-order valence-corrected chi connectivity index (χ3v) is 3.64. The van der Waals surface area contributed by atoms with Crippen LogP contribution in [0, 0.1) is 0 Å². The number of carbonyl (C=O) groups is 1. The summed E-state index contributed by atoms with van der Waals surface area (Å²) >= 11 is 0. The Kier molecular flexibility index (Phi) is 4.42. The highest BCUT2D eigenvalue weighted by Gasteiger charge is 2.26. The zero-order chi connectivity index (χ0) is 13.8. The lowest BCUT2D eigenvalue weighted by Gasteiger charge is -2.30. The molecule has 6 nitrogen and oxygen atoms in total. The van der Waals surface area contributed by atoms with E-state index in [2.05, 4.69) is 17.1 Å². The van der Waals surface area contributed by atoms with Gasteiger partial charge in [0.2, 0.25) is 0 Å². The van der Waals surface area contributed by atoms with Gasteiger partial charge in [0.25, 0.3) is 5.91 Å². The molecule has 1 aromatic rings. The molecule has 3 N–H and O–H groups in total. The van der Waals surface area contributed by atoms with Crippen LogP contribution in [-0.4, -0.2) is 47.3 Å². The first-order valence-electron chi connectivity index (χ1n) is 6.82. The quantitative estimate of drug-likeness (QED) is 0.857. The Bertz CT molecular complexity index is 438. The Labute approximate surface area is 113 Å². The summed E-state index contributed by atoms with van der Waals surface area (Å²) in [5.41, 5.74) is 7.68. The predicted octanol–water partition coefficient (Wildman–Crippen LogP) is 1.20. The fourth-order valence-corrected chi connectivity index (χ4v) is 2.40. The molecule has 106 valence electrons. The molecule has 0 radical (unpaired) electrons. The van der Waals surface area contributed by atoms with Crippen molar-refractivity contribution in [2.45, 2.75) is 38.6 Å². The summed E-state index contributed by atoms with van der Waals surface area (Å²) in [6, 6.07) is 0.215. The van der Waals surface area contributed by atoms with E-state index >= 15 is 0 Å². The fourth-order valence-electron chi connectivity index (χ4n) is 2.40. The number of hydrogen-bond donors (Lipinski definition) is 2. The number of amides is 1. The predicted molar refractivity (Wildman–Crippen MR) is 72.9 cm³/mol. The first kappa shape index (κ1) is 13.9. The number of nitrogens with zero attached hydrogens (tertiary/aromatic N) is 2. The Balaban J connectivity index is 2.09. The molecule has 1 aliphatic heterocycles. The Morgan fingerprint density at radius 3 is 2.84 bits per heavy atom. The van der Waals surface area contributed by atoms with E-state index in [1.807, 2.05) is 7.05 Å². The van der Waals surface area contributed by atoms with Crippen LogP contribution in [0.15, 0.2) is 0 Å². The topological polar surface area (TPSA) is 84.2 Å². The minimum Gasteiger partial charge on any atom is -0.395 e. The molecule has 0 atom stereocenters. The molecule has 0 spiro atoms. The molecule has 0 saturated carbocycles. The minimum atomic E-state index is -0.108. The van der Waals surface area contributed by atoms with Gasteiger partial charge in [0.1, 0.15) is 0 Å². The monoisotopic (exact) mass is 266 g/mol. The van der Waals surface area contributed by atoms with Gasteiger partial charge in [0, 0.05) is 26.3 Å². The van der Waals surface area contributed by atoms with Crippen molar-refractivity contribution in [3.63, 3.8) is 0 Å². The summed E-state index contributed by atoms with van der Waals surface area (Å²) < 4.78 is 5.31. The number of carbonyl (C=O) groups excluding carboxylic acids is 1. The SMILES string of the molecule is CCCc1[nH]nc(C(=O)N(C)C2CCOCC2)c1N. The number of rotatable bonds is 4. The third-order valence-electron chi connectivity index (χ3n) is 3.64. The Morgan fingerprint density at radius 2 is 2.21 bits per heavy atom. The molecular formula is C13H22N4O2. The maximum Gasteiger partial charge on any atom is 0.276 e. The molecule has 19 heavy (non-hydrogen) atoms. The van der Waals surface area contributed by atoms with Gasteiger partial charge in [0.05, 0.1) is 11.4 Å². The second-order valence-electron chi connectivity index (χ2n) is 4.97. The molecule has 1 aromatic heterocycles. The maximum atomic E-state index is 12.4. The van der Waals surface area contributed by atoms with Crippen molar-refractivity contribution in [2.24, 2.45) is 0 Å². The summed E-state index contributed by atoms with van der Waals surface area (Å²) in [5.74, 6) is -0.108. The van der Waals surface area contributed by atoms with Gasteiger partial charge >= 0.3 is 0 Å². The largest absolute Gasteiger partial charge is 0.395 e. The average Bonchev–Trinajstić information content (AvgIpc) is 2.80. The van der Waals surface area contributed by atoms with Gasteiger partial charge in [-0.15, -0.1) is 0 Å². The number of hydrogen-bond acceptors (Lipinski definition) is 4. The third kappa shape index (κ3) is 2.89. The summed E-state index contributed by atoms with van der Waals surface area (Å²) in [6.07, 6.45) is 3.52. The lowest BCUT2D eigenvalue weighted by Crippen LogP contribution is -2.41. The highest BCUT2D eigenvalue weighted by molar-refractivity contribution is 5.97. The number of aromatic amines is 1. The number of ether oxygens (including phenoxy) is 1. The highest BCUT2D eigenvalue weighted by Crippen LogP contribution is 2.20. The number of aryl methyl sites for hydroxylation is 1. The molecular weight excluding hydrogens is 244 g/mol. The van der Waals surface area contributed by atoms with Crippen LogP contribution in [0.25, 0.3) is 0 Å². The lowest BCUT2D eigenvalue weighted by molar-refractivity contribution is 0.0359. The molecule has 0 aliphatic carbocycles. The molecule has 1 aliphatic rings. The summed E-state index contributed by atoms with van der Waals surface area (Å²) in [7, 11) is 1.81. The second kappa shape index (κ2) is 6.06. The molecule has 1 amide bonds. The van der Waals surface area contributed by atoms with Crippen molar-refractivity contribution in [3.8, 4) is 0 Å². The summed E-state index contributed by atoms with van der Waals surface area (Å²) in [4.78, 5) is 14.1. The molecule has 0 unspecified atom stereocenters. The first-order chi connectivity index (χ1) is 9.15. The van der Waals surface area contributed by atoms with E-state index in [0.29, 0.717) is 24.6 Å². The molecule has 0 aromatic carbocycles. The highest BCUT2D eigenvalue weighted by atomic mass is 16.5. The van der Waals surface area contributed by atoms with E-state index in [1.165, 1.54) is 0 Å². The normalized spacial score (nSPS) is 16.5. The number of anilines is 1. The minimum absolute atomic E-state index is 0.108. The number of nitrogen functional groups attached to an aromatic ring is 1. The van der Waals surface area contributed by atoms with Gasteiger partial charge in [-0.05, 0) is 19.3 Å². The summed E-state index contributed by atoms with van der Waals surface area (Å²) in [5, 5.41) is 6.94. The van der Waals surface area contributed by atoms with Crippen LogP contribution in [0.3, 0.4) is 0 Å². The number of nitrogens with one attached hydrogen (secondary N) is 1. The van der Waals surface area contributed by atoms with Gasteiger partial charge in [0.15, 0.2) is 5.69 Å². The summed E-state index contributed by atoms with van der Waals surface area (Å²) in [6.45, 7) is 3.48. The number of aromatic nitrogens is 2. The first-order valence-corrected chi connectivity index (χ1v) is 6.82. The zero-order valence-corrected chi connectivity index (χ0v) is 11.6. The molecule has 6 heteroatoms. The number of nitrogens with two attached hydrogens (primary N) is 1. The lowest BCUT2D eigenvalue weighted by atomic mass is 10.1. The van der Waals surface area contributed by atoms with Crippen LogP contribution in [0.4, 0.5) is 5.69 Å². The van der Waals surface area contributed by atoms with Crippen LogP contribution in [0.1, 0.15) is 42.4 Å². The zero-order valence-electron chi connectivity index (χ0n) is 11.6. The van der Waals surface area contributed by atoms with E-state index in [1.54, 1.807) is 4.90 Å². The van der Waals surface area contributed by atoms with Crippen molar-refractivity contribution >= 4 is 11.6 Å². The van der Waals surface area contributed by atoms with Gasteiger partial charge in [-0.25, -0.2) is 0 Å². The van der Waals surface area contributed by atoms with E-state index in [0.717, 1.165) is 31.4 Å². The van der Waals surface area contributed by atoms with Crippen LogP contribution >= 0.6 is 0 Å². The average molecular weight is 266 g/mol. The van der Waals surface area contributed by atoms with Gasteiger partial charge in [-0.3, -0.25) is 9.89 Å². The van der Waals surface area contributed by atoms with Crippen LogP contribution < -0.4 is 5.73 Å². The second-order valence-corrected chi connectivity index (χ2v) is 4.97. The van der Waals surface area contributed by atoms with Crippen LogP contribution in [0.2, 0.25) is 0 Å². The number of H-pyrrole nitrogens is 1. The molecule has 2 heterocycles. The van der Waals surface area contributed by atoms with Crippen LogP contribution in [-0.2, 0) is 11.2 Å². The van der Waals surface area contributed by atoms with Gasteiger partial charge in [-0.1, -0.05) is 13.3 Å². The van der Waals surface area contributed by atoms with Crippen molar-refractivity contribution < 1.29 is 9.53 Å². The smallest absolute Gasteiger partial charge is 0.276 e. The van der Waals surface area contributed by atoms with Crippen molar-refractivity contribution in [2.75, 3.05) is 26.0 Å². The van der Waals surface area contributed by atoms with E-state index < -0.39 is 0 Å². The molecule has 1 fully saturated rings. The fraction of sp³-hybridized carbons (Fsp3) is 0.692. The van der Waals surface area contributed by atoms with Crippen LogP contribution in [0.5, 0.6) is 0 Å². The molecule has 1 saturated heterocycles. The van der Waals surface area contributed by atoms with Gasteiger partial charge in [-0.2, -0.15) is 5.10 Å². The van der Waals surface area contributed by atoms with Gasteiger partial charge < -0.3 is 15.4 Å². The Morgan fingerprint density at radius 1 is 1.53 bits per heavy atom. The Hall–Kier alpha value is -1.56. The van der Waals surface area contributed by atoms with Crippen molar-refractivity contribution in [1.82, 2.24) is 15.1 Å².